The fourth-order valence-corrected chi connectivity index (χ4v) is 3.58. The molecule has 80 valence electrons. The van der Waals surface area contributed by atoms with Gasteiger partial charge in [-0.05, 0) is 30.1 Å². The Morgan fingerprint density at radius 2 is 1.50 bits per heavy atom. The predicted molar refractivity (Wildman–Crippen MR) is 59.8 cm³/mol. The van der Waals surface area contributed by atoms with Gasteiger partial charge >= 0.3 is 0 Å². The first-order valence-corrected chi connectivity index (χ1v) is 5.34. The molecule has 0 aromatic carbocycles. The van der Waals surface area contributed by atoms with Gasteiger partial charge in [0.15, 0.2) is 0 Å². The van der Waals surface area contributed by atoms with Crippen molar-refractivity contribution in [3.8, 4) is 12.3 Å². The van der Waals surface area contributed by atoms with Gasteiger partial charge in [0.25, 0.3) is 0 Å². The van der Waals surface area contributed by atoms with Gasteiger partial charge in [-0.3, -0.25) is 0 Å². The van der Waals surface area contributed by atoms with E-state index in [-0.39, 0.29) is 10.8 Å². The second-order valence-electron chi connectivity index (χ2n) is 6.46. The van der Waals surface area contributed by atoms with E-state index in [1.54, 1.807) is 0 Å². The number of aliphatic hydroxyl groups is 1. The largest absolute Gasteiger partial charge is 0.389 e. The lowest BCUT2D eigenvalue weighted by Gasteiger charge is -2.49. The van der Waals surface area contributed by atoms with Crippen LogP contribution >= 0.6 is 0 Å². The normalized spacial score (nSPS) is 28.0. The highest BCUT2D eigenvalue weighted by atomic mass is 16.3. The zero-order valence-corrected chi connectivity index (χ0v) is 9.85. The highest BCUT2D eigenvalue weighted by molar-refractivity contribution is 5.03. The third-order valence-electron chi connectivity index (χ3n) is 3.00. The summed E-state index contributed by atoms with van der Waals surface area (Å²) in [4.78, 5) is 0. The fraction of sp³-hybridized carbons (Fsp3) is 0.846. The number of rotatable bonds is 1. The van der Waals surface area contributed by atoms with E-state index in [9.17, 15) is 5.11 Å². The van der Waals surface area contributed by atoms with E-state index in [0.717, 1.165) is 19.3 Å². The number of hydrogen-bond acceptors (Lipinski definition) is 1. The molecule has 0 aromatic rings. The van der Waals surface area contributed by atoms with Crippen LogP contribution in [0.25, 0.3) is 0 Å². The van der Waals surface area contributed by atoms with E-state index < -0.39 is 5.60 Å². The molecule has 1 nitrogen and oxygen atoms in total. The van der Waals surface area contributed by atoms with Crippen molar-refractivity contribution in [3.63, 3.8) is 0 Å². The molecule has 14 heavy (non-hydrogen) atoms. The van der Waals surface area contributed by atoms with Crippen LogP contribution in [0.15, 0.2) is 0 Å². The van der Waals surface area contributed by atoms with E-state index in [0.29, 0.717) is 6.42 Å². The Bertz CT molecular complexity index is 239. The molecule has 1 N–H and O–H groups in total. The van der Waals surface area contributed by atoms with Gasteiger partial charge in [-0.15, -0.1) is 12.3 Å². The monoisotopic (exact) mass is 194 g/mol. The van der Waals surface area contributed by atoms with Gasteiger partial charge in [-0.25, -0.2) is 0 Å². The Balaban J connectivity index is 2.87. The van der Waals surface area contributed by atoms with Crippen molar-refractivity contribution in [2.45, 2.75) is 59.0 Å². The molecule has 0 saturated heterocycles. The topological polar surface area (TPSA) is 20.2 Å². The standard InChI is InChI=1S/C13H22O/c1-6-7-13(14)9-11(2,3)8-12(4,5)10-13/h1,14H,7-10H2,2-5H3. The van der Waals surface area contributed by atoms with Crippen molar-refractivity contribution in [2.75, 3.05) is 0 Å². The van der Waals surface area contributed by atoms with Crippen molar-refractivity contribution in [1.82, 2.24) is 0 Å². The summed E-state index contributed by atoms with van der Waals surface area (Å²) < 4.78 is 0. The van der Waals surface area contributed by atoms with Gasteiger partial charge in [0, 0.05) is 6.42 Å². The van der Waals surface area contributed by atoms with Crippen molar-refractivity contribution < 1.29 is 5.11 Å². The first-order chi connectivity index (χ1) is 6.18. The zero-order chi connectivity index (χ0) is 11.0. The zero-order valence-electron chi connectivity index (χ0n) is 9.85. The van der Waals surface area contributed by atoms with Crippen molar-refractivity contribution in [3.05, 3.63) is 0 Å². The Labute approximate surface area is 87.9 Å². The average Bonchev–Trinajstić information content (AvgIpc) is 1.75. The highest BCUT2D eigenvalue weighted by Crippen LogP contribution is 2.50. The maximum absolute atomic E-state index is 10.4. The quantitative estimate of drug-likeness (QED) is 0.636. The van der Waals surface area contributed by atoms with Crippen LogP contribution in [0.2, 0.25) is 0 Å². The van der Waals surface area contributed by atoms with Gasteiger partial charge in [0.1, 0.15) is 0 Å². The van der Waals surface area contributed by atoms with Crippen LogP contribution < -0.4 is 0 Å². The molecule has 1 aliphatic carbocycles. The number of hydrogen-bond donors (Lipinski definition) is 1. The molecule has 1 aliphatic rings. The Hall–Kier alpha value is -0.480. The third-order valence-corrected chi connectivity index (χ3v) is 3.00. The average molecular weight is 194 g/mol. The van der Waals surface area contributed by atoms with Gasteiger partial charge in [-0.2, -0.15) is 0 Å². The second-order valence-corrected chi connectivity index (χ2v) is 6.46. The summed E-state index contributed by atoms with van der Waals surface area (Å²) in [6, 6.07) is 0. The molecule has 0 radical (unpaired) electrons. The van der Waals surface area contributed by atoms with Crippen LogP contribution in [0.4, 0.5) is 0 Å². The summed E-state index contributed by atoms with van der Waals surface area (Å²) in [7, 11) is 0. The lowest BCUT2D eigenvalue weighted by Crippen LogP contribution is -2.45. The van der Waals surface area contributed by atoms with Crippen LogP contribution in [0.5, 0.6) is 0 Å². The first kappa shape index (κ1) is 11.6. The van der Waals surface area contributed by atoms with Crippen LogP contribution in [0.1, 0.15) is 53.4 Å². The molecule has 1 fully saturated rings. The summed E-state index contributed by atoms with van der Waals surface area (Å²) >= 11 is 0. The molecule has 0 spiro atoms. The van der Waals surface area contributed by atoms with E-state index in [2.05, 4.69) is 33.6 Å². The summed E-state index contributed by atoms with van der Waals surface area (Å²) in [6.45, 7) is 8.87. The first-order valence-electron chi connectivity index (χ1n) is 5.34. The second kappa shape index (κ2) is 3.28. The van der Waals surface area contributed by atoms with Crippen LogP contribution in [0.3, 0.4) is 0 Å². The van der Waals surface area contributed by atoms with Crippen LogP contribution in [0, 0.1) is 23.2 Å². The van der Waals surface area contributed by atoms with Crippen molar-refractivity contribution in [2.24, 2.45) is 10.8 Å². The summed E-state index contributed by atoms with van der Waals surface area (Å²) in [5.41, 5.74) is -0.235. The van der Waals surface area contributed by atoms with Gasteiger partial charge in [0.05, 0.1) is 5.60 Å². The van der Waals surface area contributed by atoms with Crippen LogP contribution in [-0.4, -0.2) is 10.7 Å². The molecule has 0 bridgehead atoms. The molecule has 0 amide bonds. The summed E-state index contributed by atoms with van der Waals surface area (Å²) in [5, 5.41) is 10.4. The molecule has 0 heterocycles. The number of terminal acetylenes is 1. The van der Waals surface area contributed by atoms with Gasteiger partial charge in [-0.1, -0.05) is 27.7 Å². The van der Waals surface area contributed by atoms with E-state index in [1.807, 2.05) is 0 Å². The van der Waals surface area contributed by atoms with Crippen molar-refractivity contribution in [1.29, 1.82) is 0 Å². The third kappa shape index (κ3) is 2.75. The van der Waals surface area contributed by atoms with E-state index >= 15 is 0 Å². The smallest absolute Gasteiger partial charge is 0.0766 e. The van der Waals surface area contributed by atoms with E-state index in [4.69, 9.17) is 6.42 Å². The fourth-order valence-electron chi connectivity index (χ4n) is 3.58. The molecule has 0 unspecified atom stereocenters. The predicted octanol–water partition coefficient (Wildman–Crippen LogP) is 2.98. The molecule has 0 aromatic heterocycles. The highest BCUT2D eigenvalue weighted by Gasteiger charge is 2.45. The minimum atomic E-state index is -0.639. The lowest BCUT2D eigenvalue weighted by atomic mass is 9.59. The minimum Gasteiger partial charge on any atom is -0.389 e. The molecule has 0 atom stereocenters. The van der Waals surface area contributed by atoms with E-state index in [1.165, 1.54) is 0 Å². The molecule has 1 saturated carbocycles. The van der Waals surface area contributed by atoms with Gasteiger partial charge < -0.3 is 5.11 Å². The maximum atomic E-state index is 10.4. The van der Waals surface area contributed by atoms with Crippen molar-refractivity contribution >= 4 is 0 Å². The maximum Gasteiger partial charge on any atom is 0.0766 e. The Kier molecular flexibility index (Phi) is 2.71. The SMILES string of the molecule is C#CCC1(O)CC(C)(C)CC(C)(C)C1. The molecule has 0 aliphatic heterocycles. The molecular formula is C13H22O. The van der Waals surface area contributed by atoms with Gasteiger partial charge in [0.2, 0.25) is 0 Å². The molecular weight excluding hydrogens is 172 g/mol. The minimum absolute atomic E-state index is 0.202. The Morgan fingerprint density at radius 1 is 1.07 bits per heavy atom. The summed E-state index contributed by atoms with van der Waals surface area (Å²) in [6.07, 6.45) is 8.61. The Morgan fingerprint density at radius 3 is 1.86 bits per heavy atom. The molecule has 1 rings (SSSR count). The van der Waals surface area contributed by atoms with Crippen LogP contribution in [-0.2, 0) is 0 Å². The summed E-state index contributed by atoms with van der Waals surface area (Å²) in [5.74, 6) is 2.60. The lowest BCUT2D eigenvalue weighted by molar-refractivity contribution is -0.0821. The molecule has 1 heteroatoms.